The topological polar surface area (TPSA) is 20.2 Å². The number of alkyl halides is 3. The molecule has 0 bridgehead atoms. The van der Waals surface area contributed by atoms with Crippen LogP contribution >= 0.6 is 11.6 Å². The Hall–Kier alpha value is -0.550. The fraction of sp³-hybridized carbons (Fsp3) is 0.429. The number of rotatable bonds is 1. The highest BCUT2D eigenvalue weighted by atomic mass is 35.5. The number of hydrogen-bond acceptors (Lipinski definition) is 1. The van der Waals surface area contributed by atoms with Crippen LogP contribution in [0.25, 0.3) is 0 Å². The highest BCUT2D eigenvalue weighted by Crippen LogP contribution is 2.42. The first kappa shape index (κ1) is 10.5. The summed E-state index contributed by atoms with van der Waals surface area (Å²) in [4.78, 5) is 0. The molecule has 0 fully saturated rings. The highest BCUT2D eigenvalue weighted by molar-refractivity contribution is 6.25. The number of aliphatic hydroxyl groups excluding tert-OH is 1. The average molecular weight is 217 g/mol. The molecule has 1 aliphatic carbocycles. The number of allylic oxidation sites excluding steroid dienone is 3. The zero-order chi connectivity index (χ0) is 10.2. The fourth-order valence-electron chi connectivity index (χ4n) is 0.928. The lowest BCUT2D eigenvalue weighted by molar-refractivity contribution is 0.139. The molecule has 1 rings (SSSR count). The second-order valence-corrected chi connectivity index (χ2v) is 3.07. The maximum absolute atomic E-state index is 12.9. The van der Waals surface area contributed by atoms with Gasteiger partial charge in [0.25, 0.3) is 5.13 Å². The van der Waals surface area contributed by atoms with E-state index in [1.807, 2.05) is 0 Å². The van der Waals surface area contributed by atoms with Crippen molar-refractivity contribution in [1.82, 2.24) is 0 Å². The Labute approximate surface area is 76.3 Å². The Kier molecular flexibility index (Phi) is 2.68. The Morgan fingerprint density at radius 2 is 2.08 bits per heavy atom. The molecule has 0 aromatic carbocycles. The van der Waals surface area contributed by atoms with Crippen molar-refractivity contribution in [2.24, 2.45) is 0 Å². The van der Waals surface area contributed by atoms with Gasteiger partial charge in [-0.05, 0) is 11.6 Å². The van der Waals surface area contributed by atoms with Gasteiger partial charge in [0.1, 0.15) is 0 Å². The molecule has 2 unspecified atom stereocenters. The zero-order valence-corrected chi connectivity index (χ0v) is 6.95. The minimum Gasteiger partial charge on any atom is -0.392 e. The van der Waals surface area contributed by atoms with Gasteiger partial charge >= 0.3 is 0 Å². The average Bonchev–Trinajstić information content (AvgIpc) is 2.09. The summed E-state index contributed by atoms with van der Waals surface area (Å²) in [5.41, 5.74) is -0.628. The van der Waals surface area contributed by atoms with Crippen LogP contribution in [0, 0.1) is 0 Å². The van der Waals surface area contributed by atoms with E-state index in [-0.39, 0.29) is 0 Å². The van der Waals surface area contributed by atoms with Crippen molar-refractivity contribution in [2.45, 2.75) is 11.3 Å². The Morgan fingerprint density at radius 3 is 2.54 bits per heavy atom. The molecule has 0 saturated heterocycles. The number of halogens is 5. The number of hydrogen-bond donors (Lipinski definition) is 1. The van der Waals surface area contributed by atoms with Crippen LogP contribution in [0.4, 0.5) is 17.6 Å². The Balaban J connectivity index is 3.16. The molecular weight excluding hydrogens is 212 g/mol. The molecule has 0 amide bonds. The van der Waals surface area contributed by atoms with Gasteiger partial charge in [0.05, 0.1) is 6.61 Å². The predicted octanol–water partition coefficient (Wildman–Crippen LogP) is 2.31. The second-order valence-electron chi connectivity index (χ2n) is 2.52. The van der Waals surface area contributed by atoms with Gasteiger partial charge in [-0.15, -0.1) is 0 Å². The fourth-order valence-corrected chi connectivity index (χ4v) is 1.16. The van der Waals surface area contributed by atoms with Gasteiger partial charge in [-0.25, -0.2) is 17.6 Å². The lowest BCUT2D eigenvalue weighted by Gasteiger charge is -2.25. The molecule has 6 heteroatoms. The van der Waals surface area contributed by atoms with Crippen molar-refractivity contribution in [3.05, 3.63) is 23.3 Å². The van der Waals surface area contributed by atoms with Crippen molar-refractivity contribution < 1.29 is 22.7 Å². The normalized spacial score (nSPS) is 34.9. The minimum atomic E-state index is -3.54. The third-order valence-electron chi connectivity index (χ3n) is 1.64. The van der Waals surface area contributed by atoms with Crippen LogP contribution in [-0.4, -0.2) is 23.0 Å². The van der Waals surface area contributed by atoms with Gasteiger partial charge in [0.15, 0.2) is 17.8 Å². The van der Waals surface area contributed by atoms with E-state index in [0.717, 1.165) is 0 Å². The molecule has 74 valence electrons. The summed E-state index contributed by atoms with van der Waals surface area (Å²) in [6.07, 6.45) is -2.18. The Morgan fingerprint density at radius 1 is 1.54 bits per heavy atom. The van der Waals surface area contributed by atoms with E-state index in [4.69, 9.17) is 16.7 Å². The maximum Gasteiger partial charge on any atom is 0.272 e. The van der Waals surface area contributed by atoms with Crippen LogP contribution in [0.1, 0.15) is 0 Å². The first-order valence-corrected chi connectivity index (χ1v) is 3.68. The van der Waals surface area contributed by atoms with E-state index in [9.17, 15) is 17.6 Å². The molecular formula is C7H5ClF4O. The molecule has 0 heterocycles. The van der Waals surface area contributed by atoms with Crippen LogP contribution < -0.4 is 0 Å². The Bertz CT molecular complexity index is 284. The van der Waals surface area contributed by atoms with Gasteiger partial charge in [-0.3, -0.25) is 0 Å². The molecule has 0 saturated carbocycles. The smallest absolute Gasteiger partial charge is 0.272 e. The molecule has 1 aliphatic rings. The minimum absolute atomic E-state index is 0.389. The summed E-state index contributed by atoms with van der Waals surface area (Å²) in [6, 6.07) is 0. The lowest BCUT2D eigenvalue weighted by atomic mass is 10.00. The van der Waals surface area contributed by atoms with Crippen molar-refractivity contribution in [2.75, 3.05) is 6.61 Å². The summed E-state index contributed by atoms with van der Waals surface area (Å²) in [6.45, 7) is -0.916. The first-order chi connectivity index (χ1) is 5.91. The molecule has 0 aliphatic heterocycles. The van der Waals surface area contributed by atoms with Crippen LogP contribution in [0.5, 0.6) is 0 Å². The second kappa shape index (κ2) is 3.31. The van der Waals surface area contributed by atoms with Crippen molar-refractivity contribution >= 4 is 11.6 Å². The number of aliphatic hydroxyl groups is 1. The predicted molar refractivity (Wildman–Crippen MR) is 39.0 cm³/mol. The van der Waals surface area contributed by atoms with E-state index in [1.54, 1.807) is 0 Å². The van der Waals surface area contributed by atoms with Crippen LogP contribution in [0.2, 0.25) is 0 Å². The van der Waals surface area contributed by atoms with Crippen LogP contribution in [-0.2, 0) is 0 Å². The molecule has 13 heavy (non-hydrogen) atoms. The molecule has 0 aromatic rings. The van der Waals surface area contributed by atoms with E-state index in [1.165, 1.54) is 0 Å². The van der Waals surface area contributed by atoms with Gasteiger partial charge in [0.2, 0.25) is 0 Å². The molecule has 1 nitrogen and oxygen atoms in total. The third kappa shape index (κ3) is 1.58. The summed E-state index contributed by atoms with van der Waals surface area (Å²) in [5.74, 6) is -3.60. The quantitative estimate of drug-likeness (QED) is 0.527. The van der Waals surface area contributed by atoms with Crippen molar-refractivity contribution in [3.63, 3.8) is 0 Å². The largest absolute Gasteiger partial charge is 0.392 e. The van der Waals surface area contributed by atoms with Gasteiger partial charge in [0, 0.05) is 0 Å². The molecule has 1 N–H and O–H groups in total. The van der Waals surface area contributed by atoms with E-state index < -0.39 is 35.1 Å². The monoisotopic (exact) mass is 216 g/mol. The standard InChI is InChI=1S/C7H5ClF4O/c8-7(12)5(10)3(2-13)1-4(9)6(7)11/h1,5,13H,2H2. The maximum atomic E-state index is 12.9. The van der Waals surface area contributed by atoms with E-state index in [2.05, 4.69) is 0 Å². The van der Waals surface area contributed by atoms with Crippen molar-refractivity contribution in [3.8, 4) is 0 Å². The summed E-state index contributed by atoms with van der Waals surface area (Å²) < 4.78 is 50.8. The molecule has 2 atom stereocenters. The van der Waals surface area contributed by atoms with Crippen molar-refractivity contribution in [1.29, 1.82) is 0 Å². The highest BCUT2D eigenvalue weighted by Gasteiger charge is 2.48. The molecule has 0 aromatic heterocycles. The van der Waals surface area contributed by atoms with Gasteiger partial charge < -0.3 is 5.11 Å². The summed E-state index contributed by atoms with van der Waals surface area (Å²) in [5, 5.41) is 4.91. The first-order valence-electron chi connectivity index (χ1n) is 3.30. The molecule has 0 spiro atoms. The van der Waals surface area contributed by atoms with Crippen LogP contribution in [0.3, 0.4) is 0 Å². The summed E-state index contributed by atoms with van der Waals surface area (Å²) in [7, 11) is 0. The van der Waals surface area contributed by atoms with E-state index >= 15 is 0 Å². The summed E-state index contributed by atoms with van der Waals surface area (Å²) >= 11 is 4.77. The van der Waals surface area contributed by atoms with Gasteiger partial charge in [-0.2, -0.15) is 0 Å². The van der Waals surface area contributed by atoms with Crippen LogP contribution in [0.15, 0.2) is 23.3 Å². The molecule has 0 radical (unpaired) electrons. The van der Waals surface area contributed by atoms with Gasteiger partial charge in [-0.1, -0.05) is 11.6 Å². The third-order valence-corrected chi connectivity index (χ3v) is 2.00. The SMILES string of the molecule is OCC1=CC(F)=C(F)C(F)(Cl)C1F. The zero-order valence-electron chi connectivity index (χ0n) is 6.20. The lowest BCUT2D eigenvalue weighted by Crippen LogP contribution is -2.35. The van der Waals surface area contributed by atoms with E-state index in [0.29, 0.717) is 6.08 Å².